The Morgan fingerprint density at radius 1 is 1.07 bits per heavy atom. The molecule has 2 aromatic carbocycles. The average Bonchev–Trinajstić information content (AvgIpc) is 3.41. The number of rotatable bonds is 6. The molecule has 0 N–H and O–H groups in total. The van der Waals surface area contributed by atoms with E-state index in [1.165, 1.54) is 24.3 Å². The van der Waals surface area contributed by atoms with Crippen LogP contribution in [0.4, 0.5) is 8.78 Å². The van der Waals surface area contributed by atoms with E-state index in [1.807, 2.05) is 0 Å². The average molecular weight is 398 g/mol. The summed E-state index contributed by atoms with van der Waals surface area (Å²) in [6, 6.07) is 12.5. The Morgan fingerprint density at radius 2 is 1.83 bits per heavy atom. The zero-order valence-corrected chi connectivity index (χ0v) is 16.2. The first kappa shape index (κ1) is 19.6. The van der Waals surface area contributed by atoms with Gasteiger partial charge in [-0.3, -0.25) is 4.79 Å². The first-order chi connectivity index (χ1) is 14.1. The highest BCUT2D eigenvalue weighted by molar-refractivity contribution is 6.01. The van der Waals surface area contributed by atoms with Crippen molar-refractivity contribution in [1.29, 1.82) is 0 Å². The Kier molecular flexibility index (Phi) is 5.88. The Bertz CT molecular complexity index is 892. The van der Waals surface area contributed by atoms with Crippen LogP contribution in [0.25, 0.3) is 0 Å². The lowest BCUT2D eigenvalue weighted by molar-refractivity contribution is -0.137. The van der Waals surface area contributed by atoms with E-state index in [-0.39, 0.29) is 29.6 Å². The molecule has 0 saturated heterocycles. The zero-order valence-electron chi connectivity index (χ0n) is 16.2. The third-order valence-electron chi connectivity index (χ3n) is 5.62. The minimum Gasteiger partial charge on any atom is -0.390 e. The minimum atomic E-state index is -0.317. The summed E-state index contributed by atoms with van der Waals surface area (Å²) in [5, 5.41) is 4.12. The molecule has 0 unspecified atom stereocenters. The Labute approximate surface area is 169 Å². The standard InChI is InChI=1S/C23H24F2N2O2/c24-19-10-8-16(9-11-19)14-27(23(28)17-4-1-2-5-17)15-21-13-22(26-29-21)18-6-3-7-20(25)12-18/h3,6-12,17,21H,1-2,4-5,13-15H2/t21-/m0/s1. The van der Waals surface area contributed by atoms with E-state index in [1.54, 1.807) is 29.2 Å². The normalized spacial score (nSPS) is 19.1. The summed E-state index contributed by atoms with van der Waals surface area (Å²) < 4.78 is 26.7. The van der Waals surface area contributed by atoms with Gasteiger partial charge in [0, 0.05) is 24.4 Å². The Balaban J connectivity index is 1.45. The van der Waals surface area contributed by atoms with Gasteiger partial charge in [-0.1, -0.05) is 42.3 Å². The maximum Gasteiger partial charge on any atom is 0.226 e. The van der Waals surface area contributed by atoms with E-state index in [9.17, 15) is 13.6 Å². The van der Waals surface area contributed by atoms with Gasteiger partial charge in [0.2, 0.25) is 5.91 Å². The lowest BCUT2D eigenvalue weighted by atomic mass is 10.0. The SMILES string of the molecule is O=C(C1CCCC1)N(Cc1ccc(F)cc1)C[C@@H]1CC(c2cccc(F)c2)=NO1. The largest absolute Gasteiger partial charge is 0.390 e. The molecule has 1 aliphatic heterocycles. The van der Waals surface area contributed by atoms with E-state index in [0.29, 0.717) is 30.8 Å². The van der Waals surface area contributed by atoms with Gasteiger partial charge in [-0.25, -0.2) is 8.78 Å². The predicted octanol–water partition coefficient (Wildman–Crippen LogP) is 4.68. The smallest absolute Gasteiger partial charge is 0.226 e. The van der Waals surface area contributed by atoms with Crippen molar-refractivity contribution in [3.63, 3.8) is 0 Å². The number of oxime groups is 1. The van der Waals surface area contributed by atoms with Crippen molar-refractivity contribution in [2.75, 3.05) is 6.54 Å². The molecular weight excluding hydrogens is 374 g/mol. The van der Waals surface area contributed by atoms with Crippen LogP contribution in [0.5, 0.6) is 0 Å². The first-order valence-corrected chi connectivity index (χ1v) is 10.1. The number of carbonyl (C=O) groups is 1. The van der Waals surface area contributed by atoms with Crippen molar-refractivity contribution in [3.8, 4) is 0 Å². The minimum absolute atomic E-state index is 0.0421. The van der Waals surface area contributed by atoms with Crippen LogP contribution in [0.2, 0.25) is 0 Å². The lowest BCUT2D eigenvalue weighted by Crippen LogP contribution is -2.40. The second kappa shape index (κ2) is 8.72. The van der Waals surface area contributed by atoms with Crippen molar-refractivity contribution in [2.24, 2.45) is 11.1 Å². The van der Waals surface area contributed by atoms with Gasteiger partial charge < -0.3 is 9.74 Å². The molecule has 0 radical (unpaired) electrons. The number of hydrogen-bond acceptors (Lipinski definition) is 3. The van der Waals surface area contributed by atoms with E-state index in [4.69, 9.17) is 4.84 Å². The summed E-state index contributed by atoms with van der Waals surface area (Å²) in [6.07, 6.45) is 4.21. The van der Waals surface area contributed by atoms with Crippen LogP contribution in [0.3, 0.4) is 0 Å². The van der Waals surface area contributed by atoms with Crippen molar-refractivity contribution in [3.05, 3.63) is 71.3 Å². The van der Waals surface area contributed by atoms with Crippen LogP contribution in [0.15, 0.2) is 53.7 Å². The van der Waals surface area contributed by atoms with Crippen molar-refractivity contribution < 1.29 is 18.4 Å². The summed E-state index contributed by atoms with van der Waals surface area (Å²) in [7, 11) is 0. The van der Waals surface area contributed by atoms with Crippen LogP contribution >= 0.6 is 0 Å². The molecule has 29 heavy (non-hydrogen) atoms. The summed E-state index contributed by atoms with van der Waals surface area (Å²) >= 11 is 0. The topological polar surface area (TPSA) is 41.9 Å². The quantitative estimate of drug-likeness (QED) is 0.709. The van der Waals surface area contributed by atoms with Crippen molar-refractivity contribution in [1.82, 2.24) is 4.90 Å². The molecule has 1 saturated carbocycles. The molecule has 152 valence electrons. The van der Waals surface area contributed by atoms with Gasteiger partial charge in [0.15, 0.2) is 6.10 Å². The number of halogens is 2. The molecule has 0 bridgehead atoms. The molecule has 2 aliphatic rings. The Morgan fingerprint density at radius 3 is 2.55 bits per heavy atom. The summed E-state index contributed by atoms with van der Waals surface area (Å²) in [5.74, 6) is -0.451. The highest BCUT2D eigenvalue weighted by Gasteiger charge is 2.31. The molecule has 4 nitrogen and oxygen atoms in total. The molecule has 4 rings (SSSR count). The van der Waals surface area contributed by atoms with Gasteiger partial charge in [0.05, 0.1) is 12.3 Å². The highest BCUT2D eigenvalue weighted by atomic mass is 19.1. The van der Waals surface area contributed by atoms with Gasteiger partial charge >= 0.3 is 0 Å². The monoisotopic (exact) mass is 398 g/mol. The molecule has 6 heteroatoms. The van der Waals surface area contributed by atoms with Gasteiger partial charge in [-0.2, -0.15) is 0 Å². The van der Waals surface area contributed by atoms with Crippen LogP contribution < -0.4 is 0 Å². The second-order valence-electron chi connectivity index (χ2n) is 7.81. The number of nitrogens with zero attached hydrogens (tertiary/aromatic N) is 2. The molecule has 0 aromatic heterocycles. The van der Waals surface area contributed by atoms with E-state index >= 15 is 0 Å². The van der Waals surface area contributed by atoms with Crippen LogP contribution in [-0.2, 0) is 16.2 Å². The van der Waals surface area contributed by atoms with E-state index < -0.39 is 0 Å². The fourth-order valence-corrected chi connectivity index (χ4v) is 4.08. The molecule has 1 heterocycles. The Hall–Kier alpha value is -2.76. The summed E-state index contributed by atoms with van der Waals surface area (Å²) in [4.78, 5) is 20.5. The molecule has 1 fully saturated rings. The first-order valence-electron chi connectivity index (χ1n) is 10.1. The van der Waals surface area contributed by atoms with Gasteiger partial charge in [-0.05, 0) is 42.7 Å². The molecular formula is C23H24F2N2O2. The molecule has 1 amide bonds. The molecule has 1 aliphatic carbocycles. The molecule has 2 aromatic rings. The molecule has 1 atom stereocenters. The second-order valence-corrected chi connectivity index (χ2v) is 7.81. The fourth-order valence-electron chi connectivity index (χ4n) is 4.08. The number of carbonyl (C=O) groups excluding carboxylic acids is 1. The van der Waals surface area contributed by atoms with E-state index in [0.717, 1.165) is 31.2 Å². The maximum atomic E-state index is 13.5. The van der Waals surface area contributed by atoms with Crippen molar-refractivity contribution >= 4 is 11.6 Å². The summed E-state index contributed by atoms with van der Waals surface area (Å²) in [6.45, 7) is 0.805. The van der Waals surface area contributed by atoms with Crippen LogP contribution in [0, 0.1) is 17.6 Å². The lowest BCUT2D eigenvalue weighted by Gasteiger charge is -2.27. The van der Waals surface area contributed by atoms with Gasteiger partial charge in [-0.15, -0.1) is 0 Å². The van der Waals surface area contributed by atoms with Gasteiger partial charge in [0.25, 0.3) is 0 Å². The van der Waals surface area contributed by atoms with Crippen molar-refractivity contribution in [2.45, 2.75) is 44.8 Å². The van der Waals surface area contributed by atoms with Gasteiger partial charge in [0.1, 0.15) is 11.6 Å². The van der Waals surface area contributed by atoms with E-state index in [2.05, 4.69) is 5.16 Å². The zero-order chi connectivity index (χ0) is 20.2. The number of benzene rings is 2. The molecule has 0 spiro atoms. The third-order valence-corrected chi connectivity index (χ3v) is 5.62. The number of hydrogen-bond donors (Lipinski definition) is 0. The summed E-state index contributed by atoms with van der Waals surface area (Å²) in [5.41, 5.74) is 2.26. The van der Waals surface area contributed by atoms with Crippen LogP contribution in [-0.4, -0.2) is 29.2 Å². The number of amides is 1. The highest BCUT2D eigenvalue weighted by Crippen LogP contribution is 2.28. The predicted molar refractivity (Wildman–Crippen MR) is 106 cm³/mol. The third kappa shape index (κ3) is 4.81. The fraction of sp³-hybridized carbons (Fsp3) is 0.391. The van der Waals surface area contributed by atoms with Crippen LogP contribution in [0.1, 0.15) is 43.2 Å². The maximum absolute atomic E-state index is 13.5.